The lowest BCUT2D eigenvalue weighted by atomic mass is 9.86. The molecule has 0 bridgehead atoms. The average Bonchev–Trinajstić information content (AvgIpc) is 2.98. The van der Waals surface area contributed by atoms with Crippen molar-refractivity contribution in [1.82, 2.24) is 10.2 Å². The van der Waals surface area contributed by atoms with E-state index in [0.29, 0.717) is 23.3 Å². The number of amides is 3. The van der Waals surface area contributed by atoms with Crippen LogP contribution in [-0.2, 0) is 16.0 Å². The zero-order valence-corrected chi connectivity index (χ0v) is 22.9. The van der Waals surface area contributed by atoms with Gasteiger partial charge in [-0.3, -0.25) is 19.2 Å². The molecule has 0 aliphatic carbocycles. The Bertz CT molecular complexity index is 1630. The second kappa shape index (κ2) is 11.9. The van der Waals surface area contributed by atoms with Gasteiger partial charge in [-0.2, -0.15) is 0 Å². The number of benzene rings is 3. The number of anilines is 1. The molecule has 0 saturated carbocycles. The molecule has 2 heterocycles. The van der Waals surface area contributed by atoms with Gasteiger partial charge in [0.15, 0.2) is 11.2 Å². The minimum Gasteiger partial charge on any atom is -0.451 e. The molecule has 0 unspecified atom stereocenters. The van der Waals surface area contributed by atoms with Gasteiger partial charge in [0, 0.05) is 36.3 Å². The van der Waals surface area contributed by atoms with E-state index in [4.69, 9.17) is 21.8 Å². The van der Waals surface area contributed by atoms with Crippen LogP contribution in [0.3, 0.4) is 0 Å². The maximum Gasteiger partial charge on any atom is 0.287 e. The standard InChI is InChI=1S/C31H29ClN4O5/c32-21-12-10-20(11-13-21)18-24(34-28(38)27-19-25(37)23-8-4-5-9-26(23)41-27)29(39)36-16-14-31(15-17-36,30(33)40)35-22-6-2-1-3-7-22/h1-13,19,24,35H,14-18H2,(H2,33,40)(H,34,38)/t24-/m1/s1. The van der Waals surface area contributed by atoms with E-state index in [-0.39, 0.29) is 42.2 Å². The Morgan fingerprint density at radius 3 is 2.29 bits per heavy atom. The highest BCUT2D eigenvalue weighted by Crippen LogP contribution is 2.28. The number of fused-ring (bicyclic) bond motifs is 1. The molecule has 1 saturated heterocycles. The van der Waals surface area contributed by atoms with Gasteiger partial charge in [-0.15, -0.1) is 0 Å². The van der Waals surface area contributed by atoms with Gasteiger partial charge >= 0.3 is 0 Å². The third kappa shape index (κ3) is 6.25. The number of hydrogen-bond donors (Lipinski definition) is 3. The van der Waals surface area contributed by atoms with Gasteiger partial charge in [0.05, 0.1) is 5.39 Å². The van der Waals surface area contributed by atoms with Gasteiger partial charge in [0.25, 0.3) is 5.91 Å². The van der Waals surface area contributed by atoms with Crippen LogP contribution in [0.25, 0.3) is 11.0 Å². The number of piperidine rings is 1. The van der Waals surface area contributed by atoms with Crippen LogP contribution in [0.1, 0.15) is 29.0 Å². The van der Waals surface area contributed by atoms with Crippen molar-refractivity contribution in [2.75, 3.05) is 18.4 Å². The Morgan fingerprint density at radius 2 is 1.61 bits per heavy atom. The third-order valence-electron chi connectivity index (χ3n) is 7.37. The first-order chi connectivity index (χ1) is 19.7. The minimum absolute atomic E-state index is 0.180. The Balaban J connectivity index is 1.36. The number of nitrogens with one attached hydrogen (secondary N) is 2. The SMILES string of the molecule is NC(=O)C1(Nc2ccccc2)CCN(C(=O)[C@@H](Cc2ccc(Cl)cc2)NC(=O)c2cc(=O)c3ccccc3o2)CC1. The fourth-order valence-electron chi connectivity index (χ4n) is 5.06. The Morgan fingerprint density at radius 1 is 0.951 bits per heavy atom. The van der Waals surface area contributed by atoms with Gasteiger partial charge in [-0.25, -0.2) is 0 Å². The zero-order chi connectivity index (χ0) is 29.0. The molecule has 4 aromatic rings. The Labute approximate surface area is 241 Å². The van der Waals surface area contributed by atoms with Crippen LogP contribution in [0.15, 0.2) is 94.1 Å². The highest BCUT2D eigenvalue weighted by molar-refractivity contribution is 6.30. The summed E-state index contributed by atoms with van der Waals surface area (Å²) < 4.78 is 5.69. The molecule has 1 aliphatic heterocycles. The first-order valence-corrected chi connectivity index (χ1v) is 13.6. The maximum absolute atomic E-state index is 13.8. The van der Waals surface area contributed by atoms with Crippen molar-refractivity contribution in [3.8, 4) is 0 Å². The summed E-state index contributed by atoms with van der Waals surface area (Å²) in [6.45, 7) is 0.499. The lowest BCUT2D eigenvalue weighted by Crippen LogP contribution is -2.60. The summed E-state index contributed by atoms with van der Waals surface area (Å²) in [5.74, 6) is -1.70. The summed E-state index contributed by atoms with van der Waals surface area (Å²) in [6, 6.07) is 23.1. The van der Waals surface area contributed by atoms with Crippen LogP contribution >= 0.6 is 11.6 Å². The van der Waals surface area contributed by atoms with Crippen molar-refractivity contribution < 1.29 is 18.8 Å². The molecule has 3 amide bonds. The number of para-hydroxylation sites is 2. The van der Waals surface area contributed by atoms with Crippen molar-refractivity contribution in [1.29, 1.82) is 0 Å². The maximum atomic E-state index is 13.8. The zero-order valence-electron chi connectivity index (χ0n) is 22.1. The summed E-state index contributed by atoms with van der Waals surface area (Å²) in [4.78, 5) is 53.8. The van der Waals surface area contributed by atoms with Crippen molar-refractivity contribution >= 4 is 46.0 Å². The minimum atomic E-state index is -1.01. The van der Waals surface area contributed by atoms with Crippen molar-refractivity contribution in [3.05, 3.63) is 111 Å². The van der Waals surface area contributed by atoms with Crippen molar-refractivity contribution in [3.63, 3.8) is 0 Å². The van der Waals surface area contributed by atoms with E-state index < -0.39 is 23.4 Å². The fraction of sp³-hybridized carbons (Fsp3) is 0.226. The van der Waals surface area contributed by atoms with Crippen molar-refractivity contribution in [2.24, 2.45) is 5.73 Å². The van der Waals surface area contributed by atoms with Crippen LogP contribution in [0, 0.1) is 0 Å². The van der Waals surface area contributed by atoms with E-state index in [1.807, 2.05) is 30.3 Å². The molecule has 1 aromatic heterocycles. The van der Waals surface area contributed by atoms with E-state index in [9.17, 15) is 19.2 Å². The Hall–Kier alpha value is -4.63. The summed E-state index contributed by atoms with van der Waals surface area (Å²) >= 11 is 6.04. The summed E-state index contributed by atoms with van der Waals surface area (Å²) in [6.07, 6.45) is 0.771. The molecular formula is C31H29ClN4O5. The molecule has 1 fully saturated rings. The van der Waals surface area contributed by atoms with Crippen LogP contribution < -0.4 is 21.8 Å². The molecule has 0 spiro atoms. The molecule has 10 heteroatoms. The van der Waals surface area contributed by atoms with E-state index in [2.05, 4.69) is 10.6 Å². The summed E-state index contributed by atoms with van der Waals surface area (Å²) in [7, 11) is 0. The van der Waals surface area contributed by atoms with E-state index in [0.717, 1.165) is 17.3 Å². The van der Waals surface area contributed by atoms with Gasteiger partial charge in [0.2, 0.25) is 11.8 Å². The monoisotopic (exact) mass is 572 g/mol. The number of rotatable bonds is 8. The number of halogens is 1. The molecule has 9 nitrogen and oxygen atoms in total. The lowest BCUT2D eigenvalue weighted by molar-refractivity contribution is -0.136. The number of likely N-dealkylation sites (tertiary alicyclic amines) is 1. The topological polar surface area (TPSA) is 135 Å². The van der Waals surface area contributed by atoms with Crippen LogP contribution in [-0.4, -0.2) is 47.3 Å². The molecule has 4 N–H and O–H groups in total. The van der Waals surface area contributed by atoms with E-state index in [1.165, 1.54) is 0 Å². The molecule has 1 aliphatic rings. The number of nitrogens with two attached hydrogens (primary N) is 1. The fourth-order valence-corrected chi connectivity index (χ4v) is 5.19. The average molecular weight is 573 g/mol. The second-order valence-electron chi connectivity index (χ2n) is 10.1. The summed E-state index contributed by atoms with van der Waals surface area (Å²) in [5, 5.41) is 6.93. The smallest absolute Gasteiger partial charge is 0.287 e. The van der Waals surface area contributed by atoms with Gasteiger partial charge in [-0.05, 0) is 54.8 Å². The first-order valence-electron chi connectivity index (χ1n) is 13.2. The van der Waals surface area contributed by atoms with Crippen LogP contribution in [0.5, 0.6) is 0 Å². The van der Waals surface area contributed by atoms with E-state index >= 15 is 0 Å². The summed E-state index contributed by atoms with van der Waals surface area (Å²) in [5.41, 5.74) is 6.26. The molecule has 5 rings (SSSR count). The normalized spacial score (nSPS) is 15.2. The first kappa shape index (κ1) is 27.9. The third-order valence-corrected chi connectivity index (χ3v) is 7.62. The van der Waals surface area contributed by atoms with Gasteiger partial charge in [0.1, 0.15) is 17.2 Å². The molecule has 210 valence electrons. The highest BCUT2D eigenvalue weighted by Gasteiger charge is 2.42. The number of carbonyl (C=O) groups is 3. The van der Waals surface area contributed by atoms with Crippen LogP contribution in [0.4, 0.5) is 5.69 Å². The van der Waals surface area contributed by atoms with Crippen molar-refractivity contribution in [2.45, 2.75) is 30.8 Å². The molecule has 3 aromatic carbocycles. The predicted octanol–water partition coefficient (Wildman–Crippen LogP) is 3.75. The number of hydrogen-bond acceptors (Lipinski definition) is 6. The van der Waals surface area contributed by atoms with E-state index in [1.54, 1.807) is 53.4 Å². The quantitative estimate of drug-likeness (QED) is 0.294. The molecular weight excluding hydrogens is 544 g/mol. The molecule has 41 heavy (non-hydrogen) atoms. The number of nitrogens with zero attached hydrogens (tertiary/aromatic N) is 1. The molecule has 0 radical (unpaired) electrons. The second-order valence-corrected chi connectivity index (χ2v) is 10.5. The predicted molar refractivity (Wildman–Crippen MR) is 157 cm³/mol. The van der Waals surface area contributed by atoms with Gasteiger partial charge < -0.3 is 25.7 Å². The Kier molecular flexibility index (Phi) is 8.07. The van der Waals surface area contributed by atoms with Gasteiger partial charge in [-0.1, -0.05) is 54.1 Å². The highest BCUT2D eigenvalue weighted by atomic mass is 35.5. The molecule has 1 atom stereocenters. The van der Waals surface area contributed by atoms with Crippen LogP contribution in [0.2, 0.25) is 5.02 Å². The number of carbonyl (C=O) groups excluding carboxylic acids is 3. The number of primary amides is 1. The largest absolute Gasteiger partial charge is 0.451 e. The lowest BCUT2D eigenvalue weighted by Gasteiger charge is -2.41.